The van der Waals surface area contributed by atoms with Crippen molar-refractivity contribution >= 4 is 39.1 Å². The number of hydrogen-bond donors (Lipinski definition) is 1. The SMILES string of the molecule is CC[C@H](C)NC(=O)[C@H](CC)N(Cc1ccccc1Cl)C(=O)CN(c1ccc(C)c(C)c1)S(=O)(=O)c1ccccc1. The van der Waals surface area contributed by atoms with Crippen molar-refractivity contribution in [3.05, 3.63) is 94.5 Å². The summed E-state index contributed by atoms with van der Waals surface area (Å²) in [5.41, 5.74) is 2.93. The quantitative estimate of drug-likeness (QED) is 0.289. The fourth-order valence-corrected chi connectivity index (χ4v) is 5.92. The fourth-order valence-electron chi connectivity index (χ4n) is 4.30. The molecule has 9 heteroatoms. The highest BCUT2D eigenvalue weighted by molar-refractivity contribution is 7.92. The van der Waals surface area contributed by atoms with E-state index in [-0.39, 0.29) is 23.4 Å². The summed E-state index contributed by atoms with van der Waals surface area (Å²) in [5.74, 6) is -0.801. The Morgan fingerprint density at radius 1 is 0.900 bits per heavy atom. The van der Waals surface area contributed by atoms with Gasteiger partial charge in [0.05, 0.1) is 10.6 Å². The Morgan fingerprint density at radius 3 is 2.15 bits per heavy atom. The predicted octanol–water partition coefficient (Wildman–Crippen LogP) is 5.87. The first-order valence-electron chi connectivity index (χ1n) is 13.5. The lowest BCUT2D eigenvalue weighted by atomic mass is 10.1. The Labute approximate surface area is 243 Å². The molecule has 0 radical (unpaired) electrons. The topological polar surface area (TPSA) is 86.8 Å². The first-order chi connectivity index (χ1) is 19.0. The predicted molar refractivity (Wildman–Crippen MR) is 161 cm³/mol. The molecule has 2 amide bonds. The molecular weight excluding hydrogens is 546 g/mol. The molecule has 0 spiro atoms. The Bertz CT molecular complexity index is 1430. The molecule has 2 atom stereocenters. The molecule has 0 aliphatic rings. The summed E-state index contributed by atoms with van der Waals surface area (Å²) in [6.45, 7) is 9.09. The third kappa shape index (κ3) is 7.43. The Morgan fingerprint density at radius 2 is 1.55 bits per heavy atom. The molecule has 3 aromatic rings. The third-order valence-electron chi connectivity index (χ3n) is 7.07. The summed E-state index contributed by atoms with van der Waals surface area (Å²) >= 11 is 6.45. The van der Waals surface area contributed by atoms with Crippen molar-refractivity contribution in [2.24, 2.45) is 0 Å². The number of carbonyl (C=O) groups is 2. The van der Waals surface area contributed by atoms with Gasteiger partial charge in [0.1, 0.15) is 12.6 Å². The van der Waals surface area contributed by atoms with Gasteiger partial charge >= 0.3 is 0 Å². The second-order valence-electron chi connectivity index (χ2n) is 9.95. The van der Waals surface area contributed by atoms with E-state index in [9.17, 15) is 18.0 Å². The lowest BCUT2D eigenvalue weighted by Gasteiger charge is -2.34. The van der Waals surface area contributed by atoms with Crippen molar-refractivity contribution in [1.82, 2.24) is 10.2 Å². The van der Waals surface area contributed by atoms with Crippen LogP contribution in [0.25, 0.3) is 0 Å². The molecule has 40 heavy (non-hydrogen) atoms. The van der Waals surface area contributed by atoms with Crippen LogP contribution in [0.1, 0.15) is 50.3 Å². The Kier molecular flexibility index (Phi) is 10.8. The lowest BCUT2D eigenvalue weighted by molar-refractivity contribution is -0.140. The molecule has 0 saturated heterocycles. The zero-order valence-electron chi connectivity index (χ0n) is 23.7. The van der Waals surface area contributed by atoms with Gasteiger partial charge in [0.2, 0.25) is 11.8 Å². The van der Waals surface area contributed by atoms with Crippen molar-refractivity contribution < 1.29 is 18.0 Å². The van der Waals surface area contributed by atoms with Crippen LogP contribution in [-0.4, -0.2) is 43.8 Å². The first kappa shape index (κ1) is 31.2. The van der Waals surface area contributed by atoms with Gasteiger partial charge < -0.3 is 10.2 Å². The van der Waals surface area contributed by atoms with Crippen LogP contribution in [0.4, 0.5) is 5.69 Å². The molecule has 0 fully saturated rings. The van der Waals surface area contributed by atoms with E-state index in [1.807, 2.05) is 46.8 Å². The molecule has 0 bridgehead atoms. The lowest BCUT2D eigenvalue weighted by Crippen LogP contribution is -2.53. The number of nitrogens with one attached hydrogen (secondary N) is 1. The molecule has 0 unspecified atom stereocenters. The van der Waals surface area contributed by atoms with Crippen molar-refractivity contribution in [3.8, 4) is 0 Å². The number of nitrogens with zero attached hydrogens (tertiary/aromatic N) is 2. The highest BCUT2D eigenvalue weighted by Gasteiger charge is 2.34. The zero-order valence-corrected chi connectivity index (χ0v) is 25.3. The highest BCUT2D eigenvalue weighted by atomic mass is 35.5. The van der Waals surface area contributed by atoms with Gasteiger partial charge in [-0.25, -0.2) is 8.42 Å². The molecule has 0 saturated carbocycles. The van der Waals surface area contributed by atoms with E-state index in [2.05, 4.69) is 5.32 Å². The van der Waals surface area contributed by atoms with Crippen LogP contribution in [-0.2, 0) is 26.2 Å². The molecule has 0 heterocycles. The van der Waals surface area contributed by atoms with Gasteiger partial charge in [0.15, 0.2) is 0 Å². The first-order valence-corrected chi connectivity index (χ1v) is 15.3. The van der Waals surface area contributed by atoms with Crippen LogP contribution in [0.15, 0.2) is 77.7 Å². The number of amides is 2. The third-order valence-corrected chi connectivity index (χ3v) is 9.23. The van der Waals surface area contributed by atoms with Crippen LogP contribution in [0, 0.1) is 13.8 Å². The second kappa shape index (κ2) is 13.8. The summed E-state index contributed by atoms with van der Waals surface area (Å²) in [4.78, 5) is 29.0. The maximum Gasteiger partial charge on any atom is 0.264 e. The zero-order chi connectivity index (χ0) is 29.4. The molecule has 0 aliphatic heterocycles. The molecule has 214 valence electrons. The molecular formula is C31H38ClN3O4S. The molecule has 0 aromatic heterocycles. The highest BCUT2D eigenvalue weighted by Crippen LogP contribution is 2.27. The van der Waals surface area contributed by atoms with Crippen molar-refractivity contribution in [2.75, 3.05) is 10.8 Å². The number of rotatable bonds is 12. The van der Waals surface area contributed by atoms with E-state index in [4.69, 9.17) is 11.6 Å². The number of carbonyl (C=O) groups excluding carboxylic acids is 2. The molecule has 7 nitrogen and oxygen atoms in total. The molecule has 3 rings (SSSR count). The summed E-state index contributed by atoms with van der Waals surface area (Å²) in [5, 5.41) is 3.43. The summed E-state index contributed by atoms with van der Waals surface area (Å²) in [6.07, 6.45) is 1.07. The Balaban J connectivity index is 2.08. The molecule has 0 aliphatic carbocycles. The van der Waals surface area contributed by atoms with Crippen LogP contribution in [0.3, 0.4) is 0 Å². The smallest absolute Gasteiger partial charge is 0.264 e. The van der Waals surface area contributed by atoms with Gasteiger partial charge in [-0.1, -0.05) is 67.9 Å². The van der Waals surface area contributed by atoms with Gasteiger partial charge in [-0.05, 0) is 80.6 Å². The number of benzene rings is 3. The minimum Gasteiger partial charge on any atom is -0.352 e. The van der Waals surface area contributed by atoms with Crippen LogP contribution in [0.5, 0.6) is 0 Å². The fraction of sp³-hybridized carbons (Fsp3) is 0.355. The molecule has 3 aromatic carbocycles. The van der Waals surface area contributed by atoms with E-state index >= 15 is 0 Å². The summed E-state index contributed by atoms with van der Waals surface area (Å²) < 4.78 is 28.9. The van der Waals surface area contributed by atoms with Crippen molar-refractivity contribution in [2.45, 2.75) is 71.0 Å². The van der Waals surface area contributed by atoms with E-state index < -0.39 is 28.5 Å². The molecule has 1 N–H and O–H groups in total. The van der Waals surface area contributed by atoms with E-state index in [0.717, 1.165) is 21.9 Å². The maximum absolute atomic E-state index is 14.1. The number of hydrogen-bond acceptors (Lipinski definition) is 4. The maximum atomic E-state index is 14.1. The van der Waals surface area contributed by atoms with Crippen molar-refractivity contribution in [1.29, 1.82) is 0 Å². The Hall–Kier alpha value is -3.36. The van der Waals surface area contributed by atoms with Crippen LogP contribution >= 0.6 is 11.6 Å². The van der Waals surface area contributed by atoms with Gasteiger partial charge in [-0.3, -0.25) is 13.9 Å². The van der Waals surface area contributed by atoms with E-state index in [1.165, 1.54) is 17.0 Å². The number of halogens is 1. The van der Waals surface area contributed by atoms with Gasteiger partial charge in [0.25, 0.3) is 10.0 Å². The summed E-state index contributed by atoms with van der Waals surface area (Å²) in [7, 11) is -4.11. The monoisotopic (exact) mass is 583 g/mol. The van der Waals surface area contributed by atoms with Crippen molar-refractivity contribution in [3.63, 3.8) is 0 Å². The second-order valence-corrected chi connectivity index (χ2v) is 12.2. The van der Waals surface area contributed by atoms with Gasteiger partial charge in [0, 0.05) is 17.6 Å². The summed E-state index contributed by atoms with van der Waals surface area (Å²) in [6, 6.07) is 19.5. The van der Waals surface area contributed by atoms with Crippen LogP contribution in [0.2, 0.25) is 5.02 Å². The number of anilines is 1. The van der Waals surface area contributed by atoms with E-state index in [1.54, 1.807) is 48.5 Å². The standard InChI is InChI=1S/C31H38ClN3O4S/c1-6-24(5)33-31(37)29(7-2)34(20-25-13-11-12-16-28(25)32)30(36)21-35(26-18-17-22(3)23(4)19-26)40(38,39)27-14-9-8-10-15-27/h8-19,24,29H,6-7,20-21H2,1-5H3,(H,33,37)/t24-,29-/m0/s1. The minimum absolute atomic E-state index is 0.0527. The number of sulfonamides is 1. The minimum atomic E-state index is -4.11. The van der Waals surface area contributed by atoms with Crippen LogP contribution < -0.4 is 9.62 Å². The van der Waals surface area contributed by atoms with E-state index in [0.29, 0.717) is 22.7 Å². The van der Waals surface area contributed by atoms with Gasteiger partial charge in [-0.2, -0.15) is 0 Å². The normalized spacial score (nSPS) is 12.8. The number of aryl methyl sites for hydroxylation is 2. The average molecular weight is 584 g/mol. The largest absolute Gasteiger partial charge is 0.352 e. The average Bonchev–Trinajstić information content (AvgIpc) is 2.94. The van der Waals surface area contributed by atoms with Gasteiger partial charge in [-0.15, -0.1) is 0 Å².